The lowest BCUT2D eigenvalue weighted by molar-refractivity contribution is -0.123. The number of nitrogens with zero attached hydrogens (tertiary/aromatic N) is 1. The summed E-state index contributed by atoms with van der Waals surface area (Å²) in [5.74, 6) is -0.161. The number of carbonyl (C=O) groups is 1. The number of hydrogen-bond donors (Lipinski definition) is 2. The molecule has 138 valence electrons. The van der Waals surface area contributed by atoms with Crippen LogP contribution in [0, 0.1) is 12.8 Å². The van der Waals surface area contributed by atoms with Gasteiger partial charge in [-0.15, -0.1) is 0 Å². The summed E-state index contributed by atoms with van der Waals surface area (Å²) in [5, 5.41) is 3.54. The highest BCUT2D eigenvalue weighted by Crippen LogP contribution is 2.19. The number of nitrogens with one attached hydrogen (secondary N) is 1. The third-order valence-electron chi connectivity index (χ3n) is 5.21. The first kappa shape index (κ1) is 18.6. The molecule has 0 saturated carbocycles. The van der Waals surface area contributed by atoms with Crippen molar-refractivity contribution in [1.29, 1.82) is 0 Å². The summed E-state index contributed by atoms with van der Waals surface area (Å²) < 4.78 is 0. The molecule has 1 aliphatic heterocycles. The Bertz CT molecular complexity index is 744. The summed E-state index contributed by atoms with van der Waals surface area (Å²) in [6.07, 6.45) is 1.97. The Morgan fingerprint density at radius 1 is 1.15 bits per heavy atom. The van der Waals surface area contributed by atoms with Crippen LogP contribution in [0.2, 0.25) is 0 Å². The molecule has 0 aromatic heterocycles. The van der Waals surface area contributed by atoms with E-state index in [0.717, 1.165) is 45.6 Å². The van der Waals surface area contributed by atoms with Gasteiger partial charge in [-0.1, -0.05) is 48.5 Å². The van der Waals surface area contributed by atoms with Gasteiger partial charge in [-0.2, -0.15) is 0 Å². The molecule has 1 amide bonds. The highest BCUT2D eigenvalue weighted by molar-refractivity contribution is 5.76. The Morgan fingerprint density at radius 2 is 1.96 bits per heavy atom. The number of piperidine rings is 1. The molecule has 3 rings (SSSR count). The topological polar surface area (TPSA) is 58.4 Å². The van der Waals surface area contributed by atoms with Crippen LogP contribution in [0.5, 0.6) is 0 Å². The maximum atomic E-state index is 11.5. The SMILES string of the molecule is Cc1ccccc1CNCc1cccc(CN2CCC[C@H](C(N)=O)C2)c1. The van der Waals surface area contributed by atoms with Gasteiger partial charge in [0.25, 0.3) is 0 Å². The van der Waals surface area contributed by atoms with Gasteiger partial charge in [0.15, 0.2) is 0 Å². The Hall–Kier alpha value is -2.17. The zero-order valence-corrected chi connectivity index (χ0v) is 15.6. The Balaban J connectivity index is 1.53. The predicted octanol–water partition coefficient (Wildman–Crippen LogP) is 2.98. The van der Waals surface area contributed by atoms with Gasteiger partial charge in [-0.25, -0.2) is 0 Å². The molecule has 26 heavy (non-hydrogen) atoms. The van der Waals surface area contributed by atoms with Gasteiger partial charge in [0.2, 0.25) is 5.91 Å². The monoisotopic (exact) mass is 351 g/mol. The number of amides is 1. The lowest BCUT2D eigenvalue weighted by Crippen LogP contribution is -2.40. The first-order chi connectivity index (χ1) is 12.6. The summed E-state index contributed by atoms with van der Waals surface area (Å²) in [6.45, 7) is 6.59. The summed E-state index contributed by atoms with van der Waals surface area (Å²) in [4.78, 5) is 13.8. The number of hydrogen-bond acceptors (Lipinski definition) is 3. The standard InChI is InChI=1S/C22H29N3O/c1-17-6-2-3-9-20(17)14-24-13-18-7-4-8-19(12-18)15-25-11-5-10-21(16-25)22(23)26/h2-4,6-9,12,21,24H,5,10-11,13-16H2,1H3,(H2,23,26)/t21-/m0/s1. The molecule has 0 unspecified atom stereocenters. The van der Waals surface area contributed by atoms with Crippen LogP contribution in [0.1, 0.15) is 35.1 Å². The summed E-state index contributed by atoms with van der Waals surface area (Å²) in [6, 6.07) is 17.2. The van der Waals surface area contributed by atoms with E-state index in [0.29, 0.717) is 0 Å². The fourth-order valence-corrected chi connectivity index (χ4v) is 3.68. The van der Waals surface area contributed by atoms with Crippen molar-refractivity contribution in [2.75, 3.05) is 13.1 Å². The van der Waals surface area contributed by atoms with Crippen LogP contribution in [-0.4, -0.2) is 23.9 Å². The number of benzene rings is 2. The van der Waals surface area contributed by atoms with Crippen molar-refractivity contribution in [1.82, 2.24) is 10.2 Å². The lowest BCUT2D eigenvalue weighted by atomic mass is 9.97. The van der Waals surface area contributed by atoms with Gasteiger partial charge in [0.05, 0.1) is 5.92 Å². The molecule has 0 radical (unpaired) electrons. The second-order valence-electron chi connectivity index (χ2n) is 7.33. The van der Waals surface area contributed by atoms with E-state index in [1.165, 1.54) is 22.3 Å². The normalized spacial score (nSPS) is 18.0. The molecule has 2 aromatic carbocycles. The number of carbonyl (C=O) groups excluding carboxylic acids is 1. The highest BCUT2D eigenvalue weighted by Gasteiger charge is 2.23. The van der Waals surface area contributed by atoms with Crippen molar-refractivity contribution in [2.45, 2.75) is 39.4 Å². The zero-order valence-electron chi connectivity index (χ0n) is 15.6. The van der Waals surface area contributed by atoms with Crippen LogP contribution < -0.4 is 11.1 Å². The molecule has 1 aliphatic rings. The number of aryl methyl sites for hydroxylation is 1. The molecule has 1 fully saturated rings. The van der Waals surface area contributed by atoms with Crippen LogP contribution >= 0.6 is 0 Å². The Kier molecular flexibility index (Phi) is 6.42. The van der Waals surface area contributed by atoms with Crippen molar-refractivity contribution < 1.29 is 4.79 Å². The van der Waals surface area contributed by atoms with E-state index in [-0.39, 0.29) is 11.8 Å². The average molecular weight is 351 g/mol. The Labute approximate surface area is 156 Å². The molecule has 0 spiro atoms. The quantitative estimate of drug-likeness (QED) is 0.806. The van der Waals surface area contributed by atoms with E-state index in [1.54, 1.807) is 0 Å². The number of likely N-dealkylation sites (tertiary alicyclic amines) is 1. The van der Waals surface area contributed by atoms with Gasteiger partial charge in [-0.3, -0.25) is 9.69 Å². The van der Waals surface area contributed by atoms with E-state index in [2.05, 4.69) is 65.7 Å². The van der Waals surface area contributed by atoms with Crippen molar-refractivity contribution in [2.24, 2.45) is 11.7 Å². The van der Waals surface area contributed by atoms with Crippen LogP contribution in [0.25, 0.3) is 0 Å². The molecule has 2 aromatic rings. The summed E-state index contributed by atoms with van der Waals surface area (Å²) in [7, 11) is 0. The minimum atomic E-state index is -0.163. The molecule has 0 aliphatic carbocycles. The van der Waals surface area contributed by atoms with Crippen LogP contribution in [0.3, 0.4) is 0 Å². The number of primary amides is 1. The highest BCUT2D eigenvalue weighted by atomic mass is 16.1. The third kappa shape index (κ3) is 5.16. The van der Waals surface area contributed by atoms with Gasteiger partial charge in [0, 0.05) is 26.2 Å². The molecule has 0 bridgehead atoms. The van der Waals surface area contributed by atoms with E-state index in [1.807, 2.05) is 0 Å². The molecule has 1 atom stereocenters. The second-order valence-corrected chi connectivity index (χ2v) is 7.33. The van der Waals surface area contributed by atoms with Gasteiger partial charge in [0.1, 0.15) is 0 Å². The first-order valence-electron chi connectivity index (χ1n) is 9.46. The molecule has 1 saturated heterocycles. The Morgan fingerprint density at radius 3 is 2.77 bits per heavy atom. The molecule has 1 heterocycles. The van der Waals surface area contributed by atoms with E-state index in [9.17, 15) is 4.79 Å². The number of nitrogens with two attached hydrogens (primary N) is 1. The number of rotatable bonds is 7. The fourth-order valence-electron chi connectivity index (χ4n) is 3.68. The largest absolute Gasteiger partial charge is 0.369 e. The van der Waals surface area contributed by atoms with Crippen molar-refractivity contribution in [3.8, 4) is 0 Å². The summed E-state index contributed by atoms with van der Waals surface area (Å²) >= 11 is 0. The van der Waals surface area contributed by atoms with Crippen molar-refractivity contribution >= 4 is 5.91 Å². The maximum absolute atomic E-state index is 11.5. The van der Waals surface area contributed by atoms with Crippen LogP contribution in [-0.2, 0) is 24.4 Å². The molecule has 4 heteroatoms. The van der Waals surface area contributed by atoms with E-state index < -0.39 is 0 Å². The van der Waals surface area contributed by atoms with Crippen LogP contribution in [0.15, 0.2) is 48.5 Å². The lowest BCUT2D eigenvalue weighted by Gasteiger charge is -2.31. The maximum Gasteiger partial charge on any atom is 0.221 e. The molecule has 3 N–H and O–H groups in total. The third-order valence-corrected chi connectivity index (χ3v) is 5.21. The zero-order chi connectivity index (χ0) is 18.4. The first-order valence-corrected chi connectivity index (χ1v) is 9.46. The molecular weight excluding hydrogens is 322 g/mol. The molecular formula is C22H29N3O. The van der Waals surface area contributed by atoms with E-state index >= 15 is 0 Å². The van der Waals surface area contributed by atoms with Crippen molar-refractivity contribution in [3.05, 3.63) is 70.8 Å². The van der Waals surface area contributed by atoms with Crippen LogP contribution in [0.4, 0.5) is 0 Å². The average Bonchev–Trinajstić information content (AvgIpc) is 2.64. The second kappa shape index (κ2) is 8.97. The minimum Gasteiger partial charge on any atom is -0.369 e. The predicted molar refractivity (Wildman–Crippen MR) is 105 cm³/mol. The van der Waals surface area contributed by atoms with Gasteiger partial charge < -0.3 is 11.1 Å². The summed E-state index contributed by atoms with van der Waals surface area (Å²) in [5.41, 5.74) is 10.7. The fraction of sp³-hybridized carbons (Fsp3) is 0.409. The van der Waals surface area contributed by atoms with E-state index in [4.69, 9.17) is 5.73 Å². The van der Waals surface area contributed by atoms with Gasteiger partial charge in [-0.05, 0) is 48.6 Å². The smallest absolute Gasteiger partial charge is 0.221 e. The van der Waals surface area contributed by atoms with Gasteiger partial charge >= 0.3 is 0 Å². The molecule has 4 nitrogen and oxygen atoms in total. The van der Waals surface area contributed by atoms with Crippen molar-refractivity contribution in [3.63, 3.8) is 0 Å². The minimum absolute atomic E-state index is 0.00251.